The van der Waals surface area contributed by atoms with Gasteiger partial charge in [0.15, 0.2) is 0 Å². The Labute approximate surface area is 156 Å². The van der Waals surface area contributed by atoms with E-state index in [2.05, 4.69) is 25.4 Å². The summed E-state index contributed by atoms with van der Waals surface area (Å²) >= 11 is 3.33. The van der Waals surface area contributed by atoms with E-state index in [0.717, 1.165) is 10.0 Å². The van der Waals surface area contributed by atoms with E-state index in [4.69, 9.17) is 0 Å². The highest BCUT2D eigenvalue weighted by Gasteiger charge is 2.17. The summed E-state index contributed by atoms with van der Waals surface area (Å²) in [6.45, 7) is 5.24. The van der Waals surface area contributed by atoms with Crippen molar-refractivity contribution in [3.8, 4) is 0 Å². The molecule has 0 saturated carbocycles. The van der Waals surface area contributed by atoms with Gasteiger partial charge in [0.05, 0.1) is 9.79 Å². The maximum Gasteiger partial charge on any atom is 0.261 e. The first-order chi connectivity index (χ1) is 11.5. The Morgan fingerprint density at radius 3 is 1.96 bits per heavy atom. The summed E-state index contributed by atoms with van der Waals surface area (Å²) in [5, 5.41) is 0. The quantitative estimate of drug-likeness (QED) is 0.711. The number of sulfonamides is 2. The molecule has 0 bridgehead atoms. The third-order valence-electron chi connectivity index (χ3n) is 3.25. The number of hydrogen-bond acceptors (Lipinski definition) is 4. The molecular formula is C16H19BrN2O4S2. The van der Waals surface area contributed by atoms with Gasteiger partial charge in [-0.2, -0.15) is 0 Å². The van der Waals surface area contributed by atoms with Gasteiger partial charge in [0.25, 0.3) is 10.0 Å². The van der Waals surface area contributed by atoms with Gasteiger partial charge >= 0.3 is 0 Å². The predicted octanol–water partition coefficient (Wildman–Crippen LogP) is 3.25. The van der Waals surface area contributed by atoms with Crippen LogP contribution in [-0.2, 0) is 20.0 Å². The summed E-state index contributed by atoms with van der Waals surface area (Å²) in [5.74, 6) is 0. The van der Waals surface area contributed by atoms with Crippen LogP contribution in [0.5, 0.6) is 0 Å². The molecule has 0 atom stereocenters. The van der Waals surface area contributed by atoms with Gasteiger partial charge in [-0.25, -0.2) is 21.6 Å². The third kappa shape index (κ3) is 5.04. The monoisotopic (exact) mass is 446 g/mol. The van der Waals surface area contributed by atoms with Crippen LogP contribution in [0.25, 0.3) is 0 Å². The Morgan fingerprint density at radius 1 is 0.880 bits per heavy atom. The first-order valence-corrected chi connectivity index (χ1v) is 11.2. The Hall–Kier alpha value is -1.42. The lowest BCUT2D eigenvalue weighted by Gasteiger charge is -2.12. The summed E-state index contributed by atoms with van der Waals surface area (Å²) in [6.07, 6.45) is 0. The molecule has 0 aliphatic heterocycles. The minimum atomic E-state index is -3.76. The normalized spacial score (nSPS) is 12.4. The molecule has 0 saturated heterocycles. The van der Waals surface area contributed by atoms with Gasteiger partial charge < -0.3 is 0 Å². The molecule has 0 amide bonds. The lowest BCUT2D eigenvalue weighted by molar-refractivity contribution is 0.570. The van der Waals surface area contributed by atoms with E-state index in [-0.39, 0.29) is 21.5 Å². The van der Waals surface area contributed by atoms with E-state index in [1.807, 2.05) is 0 Å². The molecule has 2 aromatic rings. The second kappa shape index (κ2) is 7.45. The van der Waals surface area contributed by atoms with Crippen LogP contribution in [0, 0.1) is 6.92 Å². The molecule has 6 nitrogen and oxygen atoms in total. The lowest BCUT2D eigenvalue weighted by atomic mass is 10.2. The first-order valence-electron chi connectivity index (χ1n) is 7.42. The summed E-state index contributed by atoms with van der Waals surface area (Å²) in [7, 11) is -7.37. The number of aryl methyl sites for hydroxylation is 1. The zero-order chi connectivity index (χ0) is 18.8. The highest BCUT2D eigenvalue weighted by molar-refractivity contribution is 9.10. The van der Waals surface area contributed by atoms with E-state index in [1.54, 1.807) is 32.9 Å². The molecule has 2 rings (SSSR count). The fraction of sp³-hybridized carbons (Fsp3) is 0.250. The van der Waals surface area contributed by atoms with Crippen molar-refractivity contribution < 1.29 is 16.8 Å². The average Bonchev–Trinajstić information content (AvgIpc) is 2.48. The topological polar surface area (TPSA) is 92.3 Å². The van der Waals surface area contributed by atoms with Gasteiger partial charge in [0.2, 0.25) is 10.0 Å². The molecule has 136 valence electrons. The zero-order valence-corrected chi connectivity index (χ0v) is 17.2. The molecule has 0 aliphatic carbocycles. The lowest BCUT2D eigenvalue weighted by Crippen LogP contribution is -2.30. The standard InChI is InChI=1S/C16H19BrN2O4S2/c1-11(2)18-24(20,21)14-6-4-13(5-7-14)19-25(22,23)15-8-9-16(17)12(3)10-15/h4-11,18-19H,1-3H3. The van der Waals surface area contributed by atoms with Crippen molar-refractivity contribution in [2.24, 2.45) is 0 Å². The maximum absolute atomic E-state index is 12.4. The number of hydrogen-bond donors (Lipinski definition) is 2. The predicted molar refractivity (Wildman–Crippen MR) is 102 cm³/mol. The third-order valence-corrected chi connectivity index (χ3v) is 7.19. The molecule has 9 heteroatoms. The van der Waals surface area contributed by atoms with Gasteiger partial charge in [-0.1, -0.05) is 15.9 Å². The van der Waals surface area contributed by atoms with E-state index in [9.17, 15) is 16.8 Å². The van der Waals surface area contributed by atoms with Crippen molar-refractivity contribution in [3.05, 3.63) is 52.5 Å². The summed E-state index contributed by atoms with van der Waals surface area (Å²) in [5.41, 5.74) is 1.08. The van der Waals surface area contributed by atoms with Crippen LogP contribution < -0.4 is 9.44 Å². The van der Waals surface area contributed by atoms with E-state index in [0.29, 0.717) is 0 Å². The van der Waals surface area contributed by atoms with Crippen LogP contribution in [0.1, 0.15) is 19.4 Å². The zero-order valence-electron chi connectivity index (χ0n) is 13.9. The molecule has 0 radical (unpaired) electrons. The molecule has 0 spiro atoms. The largest absolute Gasteiger partial charge is 0.280 e. The number of anilines is 1. The van der Waals surface area contributed by atoms with Crippen LogP contribution in [-0.4, -0.2) is 22.9 Å². The van der Waals surface area contributed by atoms with Crippen molar-refractivity contribution in [2.75, 3.05) is 4.72 Å². The fourth-order valence-electron chi connectivity index (χ4n) is 2.08. The summed E-state index contributed by atoms with van der Waals surface area (Å²) in [4.78, 5) is 0.204. The van der Waals surface area contributed by atoms with Crippen molar-refractivity contribution in [2.45, 2.75) is 36.6 Å². The minimum Gasteiger partial charge on any atom is -0.280 e. The average molecular weight is 447 g/mol. The number of halogens is 1. The molecular weight excluding hydrogens is 428 g/mol. The number of benzene rings is 2. The van der Waals surface area contributed by atoms with Gasteiger partial charge in [-0.15, -0.1) is 0 Å². The molecule has 0 unspecified atom stereocenters. The highest BCUT2D eigenvalue weighted by Crippen LogP contribution is 2.23. The van der Waals surface area contributed by atoms with E-state index >= 15 is 0 Å². The van der Waals surface area contributed by atoms with Crippen LogP contribution in [0.2, 0.25) is 0 Å². The molecule has 2 aromatic carbocycles. The maximum atomic E-state index is 12.4. The van der Waals surface area contributed by atoms with Crippen LogP contribution in [0.15, 0.2) is 56.7 Å². The van der Waals surface area contributed by atoms with Gasteiger partial charge in [-0.3, -0.25) is 4.72 Å². The van der Waals surface area contributed by atoms with Crippen LogP contribution in [0.4, 0.5) is 5.69 Å². The first kappa shape index (κ1) is 19.9. The van der Waals surface area contributed by atoms with Gasteiger partial charge in [-0.05, 0) is 68.8 Å². The molecule has 0 fully saturated rings. The van der Waals surface area contributed by atoms with Gasteiger partial charge in [0, 0.05) is 16.2 Å². The second-order valence-corrected chi connectivity index (χ2v) is 10.1. The van der Waals surface area contributed by atoms with E-state index in [1.165, 1.54) is 30.3 Å². The smallest absolute Gasteiger partial charge is 0.261 e. The molecule has 25 heavy (non-hydrogen) atoms. The Kier molecular flexibility index (Phi) is 5.93. The van der Waals surface area contributed by atoms with Crippen molar-refractivity contribution >= 4 is 41.7 Å². The van der Waals surface area contributed by atoms with Crippen LogP contribution >= 0.6 is 15.9 Å². The Bertz CT molecular complexity index is 970. The molecule has 0 aliphatic rings. The number of rotatable bonds is 6. The fourth-order valence-corrected chi connectivity index (χ4v) is 4.72. The SMILES string of the molecule is Cc1cc(S(=O)(=O)Nc2ccc(S(=O)(=O)NC(C)C)cc2)ccc1Br. The minimum absolute atomic E-state index is 0.0728. The summed E-state index contributed by atoms with van der Waals surface area (Å²) in [6, 6.07) is 10.0. The van der Waals surface area contributed by atoms with Crippen molar-refractivity contribution in [1.29, 1.82) is 0 Å². The molecule has 0 heterocycles. The molecule has 0 aromatic heterocycles. The number of nitrogens with one attached hydrogen (secondary N) is 2. The Balaban J connectivity index is 2.24. The highest BCUT2D eigenvalue weighted by atomic mass is 79.9. The van der Waals surface area contributed by atoms with Gasteiger partial charge in [0.1, 0.15) is 0 Å². The van der Waals surface area contributed by atoms with Crippen molar-refractivity contribution in [1.82, 2.24) is 4.72 Å². The second-order valence-electron chi connectivity index (χ2n) is 5.82. The summed E-state index contributed by atoms with van der Waals surface area (Å²) < 4.78 is 54.8. The Morgan fingerprint density at radius 2 is 1.44 bits per heavy atom. The van der Waals surface area contributed by atoms with Crippen molar-refractivity contribution in [3.63, 3.8) is 0 Å². The molecule has 2 N–H and O–H groups in total. The van der Waals surface area contributed by atoms with E-state index < -0.39 is 20.0 Å². The van der Waals surface area contributed by atoms with Crippen LogP contribution in [0.3, 0.4) is 0 Å².